The molecule has 3 nitrogen and oxygen atoms in total. The molecule has 0 fully saturated rings. The van der Waals surface area contributed by atoms with Crippen LogP contribution in [0.2, 0.25) is 6.32 Å². The summed E-state index contributed by atoms with van der Waals surface area (Å²) in [4.78, 5) is 23.3. The molecule has 0 aliphatic carbocycles. The van der Waals surface area contributed by atoms with E-state index in [2.05, 4.69) is 4.90 Å². The molecule has 0 aromatic heterocycles. The summed E-state index contributed by atoms with van der Waals surface area (Å²) < 4.78 is 0. The van der Waals surface area contributed by atoms with Crippen LogP contribution in [-0.4, -0.2) is 19.3 Å². The van der Waals surface area contributed by atoms with Crippen molar-refractivity contribution in [3.63, 3.8) is 0 Å². The van der Waals surface area contributed by atoms with Crippen molar-refractivity contribution in [2.24, 2.45) is 4.90 Å². The first-order valence-corrected chi connectivity index (χ1v) is 3.21. The van der Waals surface area contributed by atoms with E-state index < -0.39 is 0 Å². The van der Waals surface area contributed by atoms with E-state index in [-0.39, 0.29) is 12.1 Å². The van der Waals surface area contributed by atoms with Crippen molar-refractivity contribution in [2.45, 2.75) is 26.1 Å². The summed E-state index contributed by atoms with van der Waals surface area (Å²) in [6.45, 7) is 1.93. The van der Waals surface area contributed by atoms with E-state index >= 15 is 0 Å². The molecule has 0 spiro atoms. The minimum Gasteiger partial charge on any atom is -0.300 e. The molecule has 0 bridgehead atoms. The van der Waals surface area contributed by atoms with Crippen LogP contribution < -0.4 is 0 Å². The molecule has 0 rings (SSSR count). The Morgan fingerprint density at radius 2 is 2.40 bits per heavy atom. The first-order valence-electron chi connectivity index (χ1n) is 3.21. The van der Waals surface area contributed by atoms with Gasteiger partial charge in [0.05, 0.1) is 0 Å². The number of hydrogen-bond donors (Lipinski definition) is 0. The molecule has 0 saturated carbocycles. The van der Waals surface area contributed by atoms with E-state index in [9.17, 15) is 9.59 Å². The zero-order valence-electron chi connectivity index (χ0n) is 5.96. The number of isocyanates is 1. The predicted molar refractivity (Wildman–Crippen MR) is 38.6 cm³/mol. The highest BCUT2D eigenvalue weighted by atomic mass is 16.1. The van der Waals surface area contributed by atoms with Crippen molar-refractivity contribution in [1.29, 1.82) is 0 Å². The van der Waals surface area contributed by atoms with Crippen molar-refractivity contribution in [1.82, 2.24) is 0 Å². The van der Waals surface area contributed by atoms with E-state index in [4.69, 9.17) is 0 Å². The average molecular weight is 138 g/mol. The summed E-state index contributed by atoms with van der Waals surface area (Å²) >= 11 is 0. The molecule has 0 saturated heterocycles. The number of Topliss-reactive ketones (excluding diaryl/α,β-unsaturated/α-hetero) is 1. The molecule has 0 amide bonds. The molecule has 0 aliphatic rings. The predicted octanol–water partition coefficient (Wildman–Crippen LogP) is 0.729. The zero-order chi connectivity index (χ0) is 7.82. The van der Waals surface area contributed by atoms with E-state index in [1.807, 2.05) is 6.92 Å². The van der Waals surface area contributed by atoms with Gasteiger partial charge in [0.15, 0.2) is 0 Å². The molecule has 0 aromatic carbocycles. The quantitative estimate of drug-likeness (QED) is 0.319. The highest BCUT2D eigenvalue weighted by Crippen LogP contribution is 1.93. The Balaban J connectivity index is 3.30. The Hall–Kier alpha value is -0.885. The van der Waals surface area contributed by atoms with E-state index in [0.29, 0.717) is 6.42 Å². The van der Waals surface area contributed by atoms with Gasteiger partial charge in [-0.2, -0.15) is 0 Å². The molecule has 53 valence electrons. The molecule has 4 heteroatoms. The number of carbonyl (C=O) groups excluding carboxylic acids is 2. The van der Waals surface area contributed by atoms with Crippen molar-refractivity contribution in [3.8, 4) is 0 Å². The molecule has 0 heterocycles. The van der Waals surface area contributed by atoms with Crippen LogP contribution >= 0.6 is 0 Å². The van der Waals surface area contributed by atoms with Crippen LogP contribution in [0.15, 0.2) is 4.90 Å². The maximum atomic E-state index is 10.7. The normalized spacial score (nSPS) is 8.10. The van der Waals surface area contributed by atoms with E-state index in [0.717, 1.165) is 6.42 Å². The third-order valence-electron chi connectivity index (χ3n) is 0.992. The van der Waals surface area contributed by atoms with Gasteiger partial charge in [0.25, 0.3) is 0 Å². The minimum absolute atomic E-state index is 0.113. The first kappa shape index (κ1) is 9.11. The van der Waals surface area contributed by atoms with Gasteiger partial charge in [0.2, 0.25) is 6.08 Å². The second kappa shape index (κ2) is 6.24. The van der Waals surface area contributed by atoms with E-state index in [1.54, 1.807) is 0 Å². The highest BCUT2D eigenvalue weighted by molar-refractivity contribution is 6.40. The second-order valence-corrected chi connectivity index (χ2v) is 1.90. The monoisotopic (exact) mass is 138 g/mol. The number of nitrogens with zero attached hydrogens (tertiary/aromatic N) is 1. The fourth-order valence-corrected chi connectivity index (χ4v) is 0.566. The van der Waals surface area contributed by atoms with Gasteiger partial charge in [-0.1, -0.05) is 6.92 Å². The maximum absolute atomic E-state index is 10.7. The average Bonchev–Trinajstić information content (AvgIpc) is 1.89. The molecule has 0 unspecified atom stereocenters. The lowest BCUT2D eigenvalue weighted by molar-refractivity contribution is -0.117. The molecule has 0 aromatic rings. The van der Waals surface area contributed by atoms with Gasteiger partial charge >= 0.3 is 7.41 Å². The highest BCUT2D eigenvalue weighted by Gasteiger charge is 1.99. The summed E-state index contributed by atoms with van der Waals surface area (Å²) in [7, 11) is 1.28. The Morgan fingerprint density at radius 1 is 1.70 bits per heavy atom. The van der Waals surface area contributed by atoms with Gasteiger partial charge in [-0.05, 0) is 6.42 Å². The van der Waals surface area contributed by atoms with Crippen LogP contribution in [0.3, 0.4) is 0 Å². The van der Waals surface area contributed by atoms with Crippen LogP contribution in [0.5, 0.6) is 0 Å². The van der Waals surface area contributed by atoms with Gasteiger partial charge in [-0.25, -0.2) is 4.79 Å². The molecular weight excluding hydrogens is 129 g/mol. The minimum atomic E-state index is 0.113. The molecule has 1 radical (unpaired) electrons. The van der Waals surface area contributed by atoms with Crippen molar-refractivity contribution < 1.29 is 9.59 Å². The van der Waals surface area contributed by atoms with Crippen LogP contribution in [0, 0.1) is 0 Å². The van der Waals surface area contributed by atoms with Gasteiger partial charge in [0.1, 0.15) is 5.78 Å². The summed E-state index contributed by atoms with van der Waals surface area (Å²) in [5, 5.41) is 0. The van der Waals surface area contributed by atoms with Crippen LogP contribution in [0.1, 0.15) is 19.8 Å². The lowest BCUT2D eigenvalue weighted by atomic mass is 9.86. The summed E-state index contributed by atoms with van der Waals surface area (Å²) in [6, 6.07) is 0. The van der Waals surface area contributed by atoms with Gasteiger partial charge in [0, 0.05) is 12.7 Å². The smallest absolute Gasteiger partial charge is 0.300 e. The van der Waals surface area contributed by atoms with Crippen LogP contribution in [0.25, 0.3) is 0 Å². The zero-order valence-corrected chi connectivity index (χ0v) is 5.96. The fourth-order valence-electron chi connectivity index (χ4n) is 0.566. The largest absolute Gasteiger partial charge is 0.300 e. The summed E-state index contributed by atoms with van der Waals surface area (Å²) in [5.74, 6) is 0.113. The van der Waals surface area contributed by atoms with Crippen LogP contribution in [-0.2, 0) is 9.59 Å². The van der Waals surface area contributed by atoms with Gasteiger partial charge in [-0.3, -0.25) is 4.90 Å². The van der Waals surface area contributed by atoms with Crippen molar-refractivity contribution in [2.75, 3.05) is 0 Å². The maximum Gasteiger partial charge on any atom is 0.300 e. The van der Waals surface area contributed by atoms with E-state index in [1.165, 1.54) is 13.5 Å². The molecule has 0 N–H and O–H groups in total. The lowest BCUT2D eigenvalue weighted by Crippen LogP contribution is -1.99. The Kier molecular flexibility index (Phi) is 5.69. The SMILES string of the molecule is CCCC(=O)C[B]N=C=O. The standard InChI is InChI=1S/C6H9BNO2/c1-2-3-6(10)4-7-8-5-9/h2-4H2,1H3. The summed E-state index contributed by atoms with van der Waals surface area (Å²) in [6.07, 6.45) is 2.99. The molecule has 0 atom stereocenters. The van der Waals surface area contributed by atoms with Crippen molar-refractivity contribution in [3.05, 3.63) is 0 Å². The third-order valence-corrected chi connectivity index (χ3v) is 0.992. The number of carbonyl (C=O) groups is 1. The molecular formula is C6H9BNO2. The fraction of sp³-hybridized carbons (Fsp3) is 0.667. The van der Waals surface area contributed by atoms with Gasteiger partial charge in [-0.15, -0.1) is 0 Å². The Morgan fingerprint density at radius 3 is 2.90 bits per heavy atom. The lowest BCUT2D eigenvalue weighted by Gasteiger charge is -1.89. The summed E-state index contributed by atoms with van der Waals surface area (Å²) in [5.41, 5.74) is 0. The molecule has 10 heavy (non-hydrogen) atoms. The third kappa shape index (κ3) is 5.26. The van der Waals surface area contributed by atoms with Gasteiger partial charge < -0.3 is 4.79 Å². The Labute approximate surface area is 60.8 Å². The Bertz CT molecular complexity index is 152. The molecule has 0 aliphatic heterocycles. The van der Waals surface area contributed by atoms with Crippen LogP contribution in [0.4, 0.5) is 0 Å². The topological polar surface area (TPSA) is 46.5 Å². The van der Waals surface area contributed by atoms with Crippen molar-refractivity contribution >= 4 is 19.3 Å². The second-order valence-electron chi connectivity index (χ2n) is 1.90. The number of rotatable bonds is 5. The first-order chi connectivity index (χ1) is 4.81. The number of hydrogen-bond acceptors (Lipinski definition) is 3. The number of ketones is 1.